The summed E-state index contributed by atoms with van der Waals surface area (Å²) in [6.45, 7) is 0. The zero-order valence-corrected chi connectivity index (χ0v) is 9.63. The number of aromatic amines is 1. The maximum atomic E-state index is 13.5. The first-order chi connectivity index (χ1) is 8.40. The normalized spacial score (nSPS) is 11.4. The van der Waals surface area contributed by atoms with Crippen molar-refractivity contribution in [2.45, 2.75) is 4.90 Å². The minimum absolute atomic E-state index is 0.0608. The lowest BCUT2D eigenvalue weighted by atomic mass is 10.3. The van der Waals surface area contributed by atoms with Crippen LogP contribution in [0.4, 0.5) is 20.2 Å². The minimum Gasteiger partial charge on any atom is -0.399 e. The molecule has 0 aliphatic heterocycles. The molecule has 2 rings (SSSR count). The molecular formula is C9H8F2N4O2S. The van der Waals surface area contributed by atoms with Crippen LogP contribution >= 0.6 is 0 Å². The number of nitrogen functional groups attached to an aromatic ring is 1. The largest absolute Gasteiger partial charge is 0.399 e. The maximum absolute atomic E-state index is 13.5. The van der Waals surface area contributed by atoms with Gasteiger partial charge in [-0.05, 0) is 12.1 Å². The minimum atomic E-state index is -4.38. The van der Waals surface area contributed by atoms with E-state index in [9.17, 15) is 17.2 Å². The molecule has 2 aromatic rings. The molecule has 0 radical (unpaired) electrons. The summed E-state index contributed by atoms with van der Waals surface area (Å²) in [5, 5.41) is 5.86. The highest BCUT2D eigenvalue weighted by molar-refractivity contribution is 7.92. The lowest BCUT2D eigenvalue weighted by Gasteiger charge is -2.08. The molecule has 1 heterocycles. The second-order valence-corrected chi connectivity index (χ2v) is 5.03. The Balaban J connectivity index is 2.48. The molecule has 0 bridgehead atoms. The Morgan fingerprint density at radius 3 is 2.39 bits per heavy atom. The Bertz CT molecular complexity index is 647. The summed E-state index contributed by atoms with van der Waals surface area (Å²) in [5.74, 6) is -2.52. The Kier molecular flexibility index (Phi) is 2.91. The second-order valence-electron chi connectivity index (χ2n) is 3.41. The van der Waals surface area contributed by atoms with E-state index in [4.69, 9.17) is 5.73 Å². The van der Waals surface area contributed by atoms with E-state index >= 15 is 0 Å². The number of nitrogens with one attached hydrogen (secondary N) is 2. The van der Waals surface area contributed by atoms with Crippen molar-refractivity contribution in [3.63, 3.8) is 0 Å². The molecule has 9 heteroatoms. The van der Waals surface area contributed by atoms with Gasteiger partial charge in [0.1, 0.15) is 11.6 Å². The molecule has 96 valence electrons. The third-order valence-electron chi connectivity index (χ3n) is 2.04. The molecule has 0 amide bonds. The van der Waals surface area contributed by atoms with Gasteiger partial charge in [-0.15, -0.1) is 0 Å². The summed E-state index contributed by atoms with van der Waals surface area (Å²) >= 11 is 0. The molecular weight excluding hydrogens is 266 g/mol. The van der Waals surface area contributed by atoms with Gasteiger partial charge >= 0.3 is 0 Å². The summed E-state index contributed by atoms with van der Waals surface area (Å²) < 4.78 is 52.5. The van der Waals surface area contributed by atoms with E-state index in [1.807, 2.05) is 4.72 Å². The van der Waals surface area contributed by atoms with Crippen molar-refractivity contribution >= 4 is 21.4 Å². The molecule has 0 aliphatic rings. The van der Waals surface area contributed by atoms with Crippen LogP contribution in [0, 0.1) is 11.6 Å². The summed E-state index contributed by atoms with van der Waals surface area (Å²) in [7, 11) is -4.38. The van der Waals surface area contributed by atoms with Crippen LogP contribution in [0.2, 0.25) is 0 Å². The van der Waals surface area contributed by atoms with Gasteiger partial charge in [0.15, 0.2) is 4.90 Å². The van der Waals surface area contributed by atoms with E-state index < -0.39 is 26.6 Å². The number of aromatic nitrogens is 2. The Labute approximate surface area is 101 Å². The van der Waals surface area contributed by atoms with Crippen LogP contribution in [-0.2, 0) is 10.0 Å². The Hall–Kier alpha value is -2.16. The number of H-pyrrole nitrogens is 1. The lowest BCUT2D eigenvalue weighted by molar-refractivity contribution is 0.522. The quantitative estimate of drug-likeness (QED) is 0.729. The van der Waals surface area contributed by atoms with Gasteiger partial charge in [0.05, 0.1) is 11.9 Å². The monoisotopic (exact) mass is 274 g/mol. The summed E-state index contributed by atoms with van der Waals surface area (Å²) in [4.78, 5) is -1.09. The van der Waals surface area contributed by atoms with Crippen LogP contribution < -0.4 is 10.5 Å². The number of nitrogens with zero attached hydrogens (tertiary/aromatic N) is 1. The summed E-state index contributed by atoms with van der Waals surface area (Å²) in [5.41, 5.74) is 5.06. The maximum Gasteiger partial charge on any atom is 0.267 e. The van der Waals surface area contributed by atoms with Gasteiger partial charge < -0.3 is 5.73 Å². The average molecular weight is 274 g/mol. The molecule has 6 nitrogen and oxygen atoms in total. The number of nitrogens with two attached hydrogens (primary N) is 1. The summed E-state index contributed by atoms with van der Waals surface area (Å²) in [6, 6.07) is 1.46. The highest BCUT2D eigenvalue weighted by atomic mass is 32.2. The number of hydrogen-bond donors (Lipinski definition) is 3. The van der Waals surface area contributed by atoms with Crippen LogP contribution in [0.15, 0.2) is 29.4 Å². The predicted octanol–water partition coefficient (Wildman–Crippen LogP) is 1.07. The van der Waals surface area contributed by atoms with E-state index in [-0.39, 0.29) is 11.4 Å². The SMILES string of the molecule is Nc1cc(F)c(S(=O)(=O)Nc2cn[nH]c2)c(F)c1. The molecule has 4 N–H and O–H groups in total. The average Bonchev–Trinajstić information content (AvgIpc) is 2.66. The standard InChI is InChI=1S/C9H8F2N4O2S/c10-7-1-5(12)2-8(11)9(7)18(16,17)15-6-3-13-14-4-6/h1-4,15H,12H2,(H,13,14). The molecule has 0 unspecified atom stereocenters. The fourth-order valence-corrected chi connectivity index (χ4v) is 2.50. The fourth-order valence-electron chi connectivity index (χ4n) is 1.35. The van der Waals surface area contributed by atoms with E-state index in [2.05, 4.69) is 10.2 Å². The summed E-state index contributed by atoms with van der Waals surface area (Å²) in [6.07, 6.45) is 2.38. The third kappa shape index (κ3) is 2.25. The predicted molar refractivity (Wildman–Crippen MR) is 60.2 cm³/mol. The highest BCUT2D eigenvalue weighted by Gasteiger charge is 2.25. The number of halogens is 2. The van der Waals surface area contributed by atoms with Gasteiger partial charge in [-0.2, -0.15) is 5.10 Å². The zero-order chi connectivity index (χ0) is 13.3. The Morgan fingerprint density at radius 1 is 1.28 bits per heavy atom. The fraction of sp³-hybridized carbons (Fsp3) is 0. The van der Waals surface area contributed by atoms with Crippen LogP contribution in [0.1, 0.15) is 0 Å². The van der Waals surface area contributed by atoms with E-state index in [1.165, 1.54) is 6.20 Å². The van der Waals surface area contributed by atoms with Crippen molar-refractivity contribution in [1.82, 2.24) is 10.2 Å². The Morgan fingerprint density at radius 2 is 1.89 bits per heavy atom. The number of hydrogen-bond acceptors (Lipinski definition) is 4. The molecule has 0 atom stereocenters. The van der Waals surface area contributed by atoms with Crippen LogP contribution in [0.25, 0.3) is 0 Å². The first-order valence-electron chi connectivity index (χ1n) is 4.66. The van der Waals surface area contributed by atoms with Crippen molar-refractivity contribution in [3.8, 4) is 0 Å². The molecule has 0 saturated heterocycles. The number of benzene rings is 1. The van der Waals surface area contributed by atoms with Gasteiger partial charge in [0.2, 0.25) is 0 Å². The number of anilines is 2. The highest BCUT2D eigenvalue weighted by Crippen LogP contribution is 2.23. The van der Waals surface area contributed by atoms with Gasteiger partial charge in [0.25, 0.3) is 10.0 Å². The first kappa shape index (κ1) is 12.3. The van der Waals surface area contributed by atoms with E-state index in [1.54, 1.807) is 0 Å². The van der Waals surface area contributed by atoms with Gasteiger partial charge in [-0.3, -0.25) is 9.82 Å². The van der Waals surface area contributed by atoms with Gasteiger partial charge in [-0.25, -0.2) is 17.2 Å². The third-order valence-corrected chi connectivity index (χ3v) is 3.47. The van der Waals surface area contributed by atoms with Crippen LogP contribution in [0.5, 0.6) is 0 Å². The van der Waals surface area contributed by atoms with Crippen molar-refractivity contribution in [2.75, 3.05) is 10.5 Å². The van der Waals surface area contributed by atoms with Crippen molar-refractivity contribution in [2.24, 2.45) is 0 Å². The van der Waals surface area contributed by atoms with Crippen LogP contribution in [0.3, 0.4) is 0 Å². The first-order valence-corrected chi connectivity index (χ1v) is 6.14. The molecule has 0 aliphatic carbocycles. The molecule has 1 aromatic heterocycles. The molecule has 18 heavy (non-hydrogen) atoms. The smallest absolute Gasteiger partial charge is 0.267 e. The molecule has 0 spiro atoms. The topological polar surface area (TPSA) is 101 Å². The molecule has 0 fully saturated rings. The molecule has 1 aromatic carbocycles. The van der Waals surface area contributed by atoms with E-state index in [0.29, 0.717) is 0 Å². The van der Waals surface area contributed by atoms with Crippen molar-refractivity contribution in [3.05, 3.63) is 36.2 Å². The number of sulfonamides is 1. The second kappa shape index (κ2) is 4.26. The molecule has 0 saturated carbocycles. The van der Waals surface area contributed by atoms with Crippen LogP contribution in [-0.4, -0.2) is 18.6 Å². The zero-order valence-electron chi connectivity index (χ0n) is 8.81. The van der Waals surface area contributed by atoms with Crippen molar-refractivity contribution in [1.29, 1.82) is 0 Å². The van der Waals surface area contributed by atoms with Crippen molar-refractivity contribution < 1.29 is 17.2 Å². The lowest BCUT2D eigenvalue weighted by Crippen LogP contribution is -2.16. The van der Waals surface area contributed by atoms with Gasteiger partial charge in [0, 0.05) is 11.9 Å². The number of rotatable bonds is 3. The van der Waals surface area contributed by atoms with E-state index in [0.717, 1.165) is 18.3 Å². The van der Waals surface area contributed by atoms with Gasteiger partial charge in [-0.1, -0.05) is 0 Å².